The molecule has 232 valence electrons. The largest absolute Gasteiger partial charge is 0.491 e. The highest BCUT2D eigenvalue weighted by Gasteiger charge is 2.19. The number of benzene rings is 2. The molecule has 1 fully saturated rings. The minimum Gasteiger partial charge on any atom is -0.491 e. The number of carbonyl (C=O) groups is 3. The monoisotopic (exact) mass is 595 g/mol. The number of anilines is 1. The SMILES string of the molecule is O=C(NCCCCN1CCN(c2ccccc2OCCF)CC1)c1ccc(OCCOCCF)cc1.O=C(O)C(=O)O. The van der Waals surface area contributed by atoms with E-state index in [1.54, 1.807) is 24.3 Å². The summed E-state index contributed by atoms with van der Waals surface area (Å²) in [6.07, 6.45) is 1.92. The van der Waals surface area contributed by atoms with Crippen LogP contribution in [-0.2, 0) is 14.3 Å². The van der Waals surface area contributed by atoms with Crippen molar-refractivity contribution in [2.45, 2.75) is 12.8 Å². The highest BCUT2D eigenvalue weighted by atomic mass is 19.1. The molecule has 11 nitrogen and oxygen atoms in total. The van der Waals surface area contributed by atoms with Crippen molar-refractivity contribution >= 4 is 23.5 Å². The molecule has 2 aromatic carbocycles. The first kappa shape index (κ1) is 34.2. The molecule has 1 aliphatic rings. The van der Waals surface area contributed by atoms with Gasteiger partial charge in [0.25, 0.3) is 5.91 Å². The molecule has 0 aromatic heterocycles. The molecule has 1 saturated heterocycles. The number of carboxylic acids is 2. The lowest BCUT2D eigenvalue weighted by molar-refractivity contribution is -0.159. The molecular formula is C29H39F2N3O8. The van der Waals surface area contributed by atoms with Crippen LogP contribution in [0.1, 0.15) is 23.2 Å². The number of nitrogens with one attached hydrogen (secondary N) is 1. The summed E-state index contributed by atoms with van der Waals surface area (Å²) in [5.74, 6) is -2.37. The maximum atomic E-state index is 12.5. The van der Waals surface area contributed by atoms with E-state index in [-0.39, 0.29) is 19.1 Å². The molecule has 1 amide bonds. The Morgan fingerprint density at radius 1 is 0.786 bits per heavy atom. The molecule has 0 spiro atoms. The predicted molar refractivity (Wildman–Crippen MR) is 152 cm³/mol. The number of hydrogen-bond donors (Lipinski definition) is 3. The first-order chi connectivity index (χ1) is 20.3. The number of amides is 1. The number of unbranched alkanes of at least 4 members (excludes halogenated alkanes) is 1. The number of carboxylic acid groups (broad SMARTS) is 2. The van der Waals surface area contributed by atoms with Crippen LogP contribution in [0.25, 0.3) is 0 Å². The molecule has 2 aromatic rings. The molecule has 0 unspecified atom stereocenters. The van der Waals surface area contributed by atoms with Crippen molar-refractivity contribution in [2.75, 3.05) is 83.9 Å². The molecule has 1 heterocycles. The molecule has 3 rings (SSSR count). The first-order valence-corrected chi connectivity index (χ1v) is 13.7. The van der Waals surface area contributed by atoms with E-state index in [0.717, 1.165) is 57.0 Å². The summed E-state index contributed by atoms with van der Waals surface area (Å²) in [4.78, 5) is 35.3. The lowest BCUT2D eigenvalue weighted by Crippen LogP contribution is -2.46. The van der Waals surface area contributed by atoms with Crippen molar-refractivity contribution in [3.8, 4) is 11.5 Å². The number of nitrogens with zero attached hydrogens (tertiary/aromatic N) is 2. The van der Waals surface area contributed by atoms with Gasteiger partial charge in [-0.1, -0.05) is 12.1 Å². The van der Waals surface area contributed by atoms with E-state index in [1.165, 1.54) is 0 Å². The van der Waals surface area contributed by atoms with Crippen molar-refractivity contribution in [3.63, 3.8) is 0 Å². The second kappa shape index (κ2) is 20.0. The van der Waals surface area contributed by atoms with Crippen LogP contribution in [0.2, 0.25) is 0 Å². The number of rotatable bonds is 16. The molecular weight excluding hydrogens is 556 g/mol. The van der Waals surface area contributed by atoms with E-state index >= 15 is 0 Å². The summed E-state index contributed by atoms with van der Waals surface area (Å²) in [6, 6.07) is 14.8. The van der Waals surface area contributed by atoms with E-state index in [0.29, 0.717) is 31.1 Å². The first-order valence-electron chi connectivity index (χ1n) is 13.7. The zero-order valence-electron chi connectivity index (χ0n) is 23.5. The van der Waals surface area contributed by atoms with Crippen LogP contribution < -0.4 is 19.7 Å². The Morgan fingerprint density at radius 2 is 1.45 bits per heavy atom. The van der Waals surface area contributed by atoms with Gasteiger partial charge in [-0.3, -0.25) is 9.69 Å². The number of para-hydroxylation sites is 2. The minimum absolute atomic E-state index is 0.0760. The molecule has 42 heavy (non-hydrogen) atoms. The Kier molecular flexibility index (Phi) is 16.3. The lowest BCUT2D eigenvalue weighted by atomic mass is 10.2. The van der Waals surface area contributed by atoms with Gasteiger partial charge in [-0.2, -0.15) is 0 Å². The van der Waals surface area contributed by atoms with Crippen molar-refractivity contribution in [2.24, 2.45) is 0 Å². The van der Waals surface area contributed by atoms with E-state index in [9.17, 15) is 13.6 Å². The average molecular weight is 596 g/mol. The van der Waals surface area contributed by atoms with Crippen LogP contribution in [0, 0.1) is 0 Å². The summed E-state index contributed by atoms with van der Waals surface area (Å²) < 4.78 is 40.6. The summed E-state index contributed by atoms with van der Waals surface area (Å²) >= 11 is 0. The number of halogens is 2. The highest BCUT2D eigenvalue weighted by Crippen LogP contribution is 2.28. The number of hydrogen-bond acceptors (Lipinski definition) is 8. The van der Waals surface area contributed by atoms with Gasteiger partial charge in [-0.15, -0.1) is 0 Å². The number of carbonyl (C=O) groups excluding carboxylic acids is 1. The molecule has 13 heteroatoms. The molecule has 0 aliphatic carbocycles. The normalized spacial score (nSPS) is 13.0. The van der Waals surface area contributed by atoms with Gasteiger partial charge in [0.15, 0.2) is 0 Å². The van der Waals surface area contributed by atoms with Crippen LogP contribution >= 0.6 is 0 Å². The number of alkyl halides is 2. The maximum absolute atomic E-state index is 12.5. The third kappa shape index (κ3) is 13.1. The molecule has 3 N–H and O–H groups in total. The summed E-state index contributed by atoms with van der Waals surface area (Å²) in [5, 5.41) is 17.8. The standard InChI is InChI=1S/C27H37F2N3O4.C2H2O4/c28-11-19-34-21-22-35-24-9-7-23(8-10-24)27(33)30-13-3-4-14-31-15-17-32(18-16-31)25-5-1-2-6-26(25)36-20-12-29;3-1(4)2(5)6/h1-2,5-10H,3-4,11-22H2,(H,30,33);(H,3,4)(H,5,6). The molecule has 0 bridgehead atoms. The van der Waals surface area contributed by atoms with Gasteiger partial charge in [0.1, 0.15) is 38.1 Å². The Hall–Kier alpha value is -3.97. The van der Waals surface area contributed by atoms with Gasteiger partial charge in [-0.05, 0) is 55.8 Å². The van der Waals surface area contributed by atoms with Crippen LogP contribution in [0.5, 0.6) is 11.5 Å². The Balaban J connectivity index is 0.000000928. The van der Waals surface area contributed by atoms with Gasteiger partial charge < -0.3 is 34.6 Å². The van der Waals surface area contributed by atoms with Gasteiger partial charge in [0, 0.05) is 38.3 Å². The van der Waals surface area contributed by atoms with E-state index in [2.05, 4.69) is 15.1 Å². The van der Waals surface area contributed by atoms with Crippen molar-refractivity contribution in [3.05, 3.63) is 54.1 Å². The minimum atomic E-state index is -1.82. The lowest BCUT2D eigenvalue weighted by Gasteiger charge is -2.36. The van der Waals surface area contributed by atoms with Gasteiger partial charge in [0.2, 0.25) is 0 Å². The molecule has 0 saturated carbocycles. The van der Waals surface area contributed by atoms with E-state index in [4.69, 9.17) is 34.0 Å². The summed E-state index contributed by atoms with van der Waals surface area (Å²) in [7, 11) is 0. The third-order valence-electron chi connectivity index (χ3n) is 6.12. The third-order valence-corrected chi connectivity index (χ3v) is 6.12. The molecule has 0 atom stereocenters. The second-order valence-corrected chi connectivity index (χ2v) is 9.08. The Labute approximate surface area is 244 Å². The zero-order chi connectivity index (χ0) is 30.6. The topological polar surface area (TPSA) is 138 Å². The van der Waals surface area contributed by atoms with E-state index < -0.39 is 25.3 Å². The van der Waals surface area contributed by atoms with Crippen LogP contribution in [0.15, 0.2) is 48.5 Å². The molecule has 0 radical (unpaired) electrons. The van der Waals surface area contributed by atoms with Gasteiger partial charge in [0.05, 0.1) is 18.9 Å². The van der Waals surface area contributed by atoms with Crippen molar-refractivity contribution in [1.82, 2.24) is 10.2 Å². The smallest absolute Gasteiger partial charge is 0.414 e. The van der Waals surface area contributed by atoms with Crippen LogP contribution in [-0.4, -0.2) is 112 Å². The second-order valence-electron chi connectivity index (χ2n) is 9.08. The summed E-state index contributed by atoms with van der Waals surface area (Å²) in [5.41, 5.74) is 1.61. The van der Waals surface area contributed by atoms with Crippen LogP contribution in [0.4, 0.5) is 14.5 Å². The fourth-order valence-electron chi connectivity index (χ4n) is 4.04. The van der Waals surface area contributed by atoms with Crippen molar-refractivity contribution in [1.29, 1.82) is 0 Å². The average Bonchev–Trinajstić information content (AvgIpc) is 3.00. The Morgan fingerprint density at radius 3 is 2.10 bits per heavy atom. The zero-order valence-corrected chi connectivity index (χ0v) is 23.5. The summed E-state index contributed by atoms with van der Waals surface area (Å²) in [6.45, 7) is 5.15. The van der Waals surface area contributed by atoms with E-state index in [1.807, 2.05) is 24.3 Å². The number of ether oxygens (including phenoxy) is 3. The van der Waals surface area contributed by atoms with Crippen molar-refractivity contribution < 1.29 is 47.6 Å². The fraction of sp³-hybridized carbons (Fsp3) is 0.483. The Bertz CT molecular complexity index is 1070. The van der Waals surface area contributed by atoms with Crippen LogP contribution in [0.3, 0.4) is 0 Å². The molecule has 1 aliphatic heterocycles. The number of aliphatic carboxylic acids is 2. The van der Waals surface area contributed by atoms with Gasteiger partial charge in [-0.25, -0.2) is 18.4 Å². The highest BCUT2D eigenvalue weighted by molar-refractivity contribution is 6.27. The quantitative estimate of drug-likeness (QED) is 0.196. The predicted octanol–water partition coefficient (Wildman–Crippen LogP) is 2.89. The fourth-order valence-corrected chi connectivity index (χ4v) is 4.04. The number of piperazine rings is 1. The van der Waals surface area contributed by atoms with Gasteiger partial charge >= 0.3 is 11.9 Å². The maximum Gasteiger partial charge on any atom is 0.414 e.